The topological polar surface area (TPSA) is 37.3 Å². The third kappa shape index (κ3) is 2.09. The van der Waals surface area contributed by atoms with Crippen molar-refractivity contribution in [2.24, 2.45) is 17.8 Å². The molecule has 0 amide bonds. The van der Waals surface area contributed by atoms with E-state index >= 15 is 0 Å². The van der Waals surface area contributed by atoms with Crippen LogP contribution >= 0.6 is 11.6 Å². The summed E-state index contributed by atoms with van der Waals surface area (Å²) in [4.78, 5) is 11.7. The second-order valence-corrected chi connectivity index (χ2v) is 8.31. The molecular formula is C14H15ClO2Se. The standard InChI is InChI=1S/C14H15ClO2Se/c15-12-8-6-10(11(7-8)14(16)17)13(12)18-9-4-2-1-3-5-9/h1-5,8,10-13H,6-7H2,(H,16,17)/t8-,10+,11+,12+,13+/m1/s1. The number of carboxylic acids is 1. The second kappa shape index (κ2) is 4.88. The first-order valence-corrected chi connectivity index (χ1v) is 8.53. The number of benzene rings is 1. The molecule has 1 aromatic carbocycles. The quantitative estimate of drug-likeness (QED) is 0.681. The number of carbonyl (C=O) groups is 1. The van der Waals surface area contributed by atoms with E-state index in [-0.39, 0.29) is 11.3 Å². The Labute approximate surface area is 118 Å². The van der Waals surface area contributed by atoms with E-state index in [1.54, 1.807) is 0 Å². The molecule has 0 unspecified atom stereocenters. The Balaban J connectivity index is 1.78. The van der Waals surface area contributed by atoms with Gasteiger partial charge in [-0.1, -0.05) is 0 Å². The molecule has 0 saturated heterocycles. The van der Waals surface area contributed by atoms with Gasteiger partial charge in [0, 0.05) is 0 Å². The van der Waals surface area contributed by atoms with E-state index < -0.39 is 5.97 Å². The molecule has 3 rings (SSSR count). The Morgan fingerprint density at radius 1 is 1.28 bits per heavy atom. The van der Waals surface area contributed by atoms with Crippen LogP contribution in [0.25, 0.3) is 0 Å². The fraction of sp³-hybridized carbons (Fsp3) is 0.500. The van der Waals surface area contributed by atoms with E-state index in [9.17, 15) is 9.90 Å². The number of carboxylic acid groups (broad SMARTS) is 1. The van der Waals surface area contributed by atoms with Gasteiger partial charge in [0.25, 0.3) is 0 Å². The zero-order valence-corrected chi connectivity index (χ0v) is 12.3. The normalized spacial score (nSPS) is 37.9. The molecule has 2 saturated carbocycles. The molecule has 0 aromatic heterocycles. The summed E-state index contributed by atoms with van der Waals surface area (Å²) in [6, 6.07) is 10.4. The summed E-state index contributed by atoms with van der Waals surface area (Å²) in [7, 11) is 0. The minimum atomic E-state index is -0.625. The SMILES string of the molecule is O=C(O)[C@H]1C[C@H]2C[C@@H]1[C@H]([Se]c1ccccc1)[C@H]2Cl. The van der Waals surface area contributed by atoms with Crippen molar-refractivity contribution in [3.05, 3.63) is 30.3 Å². The molecule has 0 aliphatic heterocycles. The molecule has 0 heterocycles. The fourth-order valence-corrected chi connectivity index (χ4v) is 7.05. The van der Waals surface area contributed by atoms with E-state index in [0.29, 0.717) is 31.6 Å². The van der Waals surface area contributed by atoms with Crippen LogP contribution in [-0.4, -0.2) is 31.4 Å². The van der Waals surface area contributed by atoms with E-state index in [4.69, 9.17) is 11.6 Å². The number of alkyl halides is 1. The van der Waals surface area contributed by atoms with E-state index in [1.165, 1.54) is 4.46 Å². The molecule has 5 atom stereocenters. The van der Waals surface area contributed by atoms with Crippen molar-refractivity contribution in [1.29, 1.82) is 0 Å². The van der Waals surface area contributed by atoms with Crippen molar-refractivity contribution in [3.8, 4) is 0 Å². The number of rotatable bonds is 3. The predicted octanol–water partition coefficient (Wildman–Crippen LogP) is 2.15. The third-order valence-electron chi connectivity index (χ3n) is 4.17. The van der Waals surface area contributed by atoms with Gasteiger partial charge in [0.1, 0.15) is 0 Å². The minimum absolute atomic E-state index is 0.152. The van der Waals surface area contributed by atoms with Crippen molar-refractivity contribution in [3.63, 3.8) is 0 Å². The van der Waals surface area contributed by atoms with Gasteiger partial charge in [-0.25, -0.2) is 0 Å². The number of hydrogen-bond donors (Lipinski definition) is 1. The zero-order valence-electron chi connectivity index (χ0n) is 9.83. The van der Waals surface area contributed by atoms with Gasteiger partial charge in [0.05, 0.1) is 0 Å². The predicted molar refractivity (Wildman–Crippen MR) is 72.6 cm³/mol. The Morgan fingerprint density at radius 2 is 2.00 bits per heavy atom. The van der Waals surface area contributed by atoms with Crippen LogP contribution in [0.2, 0.25) is 4.82 Å². The number of fused-ring (bicyclic) bond motifs is 2. The fourth-order valence-electron chi connectivity index (χ4n) is 3.33. The van der Waals surface area contributed by atoms with Gasteiger partial charge in [0.15, 0.2) is 0 Å². The first-order chi connectivity index (χ1) is 8.66. The average Bonchev–Trinajstić information content (AvgIpc) is 2.91. The van der Waals surface area contributed by atoms with Gasteiger partial charge >= 0.3 is 118 Å². The van der Waals surface area contributed by atoms with Crippen LogP contribution in [0, 0.1) is 17.8 Å². The average molecular weight is 330 g/mol. The molecule has 4 heteroatoms. The summed E-state index contributed by atoms with van der Waals surface area (Å²) in [5.74, 6) is -0.0518. The monoisotopic (exact) mass is 330 g/mol. The third-order valence-corrected chi connectivity index (χ3v) is 8.20. The molecule has 2 aliphatic rings. The van der Waals surface area contributed by atoms with Crippen LogP contribution in [0.4, 0.5) is 0 Å². The summed E-state index contributed by atoms with van der Waals surface area (Å²) >= 11 is 6.81. The summed E-state index contributed by atoms with van der Waals surface area (Å²) in [6.45, 7) is 0. The molecule has 18 heavy (non-hydrogen) atoms. The number of hydrogen-bond acceptors (Lipinski definition) is 1. The van der Waals surface area contributed by atoms with Crippen molar-refractivity contribution >= 4 is 37.0 Å². The number of halogens is 1. The summed E-state index contributed by atoms with van der Waals surface area (Å²) in [5, 5.41) is 9.46. The first kappa shape index (κ1) is 12.5. The summed E-state index contributed by atoms with van der Waals surface area (Å²) in [6.07, 6.45) is 1.81. The van der Waals surface area contributed by atoms with Gasteiger partial charge < -0.3 is 0 Å². The van der Waals surface area contributed by atoms with Gasteiger partial charge in [-0.05, 0) is 0 Å². The number of aliphatic carboxylic acids is 1. The molecule has 0 radical (unpaired) electrons. The van der Waals surface area contributed by atoms with Crippen LogP contribution in [0.1, 0.15) is 12.8 Å². The van der Waals surface area contributed by atoms with Crippen molar-refractivity contribution in [1.82, 2.24) is 0 Å². The van der Waals surface area contributed by atoms with Crippen molar-refractivity contribution < 1.29 is 9.90 Å². The van der Waals surface area contributed by atoms with E-state index in [0.717, 1.165) is 12.8 Å². The Bertz CT molecular complexity index is 450. The van der Waals surface area contributed by atoms with E-state index in [2.05, 4.69) is 12.1 Å². The van der Waals surface area contributed by atoms with Gasteiger partial charge in [-0.15, -0.1) is 0 Å². The molecule has 2 nitrogen and oxygen atoms in total. The molecule has 96 valence electrons. The van der Waals surface area contributed by atoms with Crippen LogP contribution in [-0.2, 0) is 4.79 Å². The maximum absolute atomic E-state index is 11.3. The summed E-state index contributed by atoms with van der Waals surface area (Å²) in [5.41, 5.74) is 0. The van der Waals surface area contributed by atoms with Crippen LogP contribution in [0.5, 0.6) is 0 Å². The molecule has 2 bridgehead atoms. The van der Waals surface area contributed by atoms with Gasteiger partial charge in [-0.3, -0.25) is 0 Å². The molecular weight excluding hydrogens is 315 g/mol. The van der Waals surface area contributed by atoms with Crippen molar-refractivity contribution in [2.45, 2.75) is 23.0 Å². The zero-order chi connectivity index (χ0) is 12.7. The Morgan fingerprint density at radius 3 is 2.61 bits per heavy atom. The van der Waals surface area contributed by atoms with Crippen LogP contribution in [0.15, 0.2) is 30.3 Å². The Kier molecular flexibility index (Phi) is 3.40. The van der Waals surface area contributed by atoms with Crippen LogP contribution in [0.3, 0.4) is 0 Å². The maximum atomic E-state index is 11.3. The first-order valence-electron chi connectivity index (χ1n) is 6.25. The van der Waals surface area contributed by atoms with E-state index in [1.807, 2.05) is 18.2 Å². The summed E-state index contributed by atoms with van der Waals surface area (Å²) < 4.78 is 1.33. The molecule has 0 spiro atoms. The van der Waals surface area contributed by atoms with Gasteiger partial charge in [0.2, 0.25) is 0 Å². The van der Waals surface area contributed by atoms with Gasteiger partial charge in [-0.2, -0.15) is 0 Å². The molecule has 2 aliphatic carbocycles. The molecule has 1 aromatic rings. The van der Waals surface area contributed by atoms with Crippen molar-refractivity contribution in [2.75, 3.05) is 0 Å². The molecule has 2 fully saturated rings. The molecule has 1 N–H and O–H groups in total. The second-order valence-electron chi connectivity index (χ2n) is 5.18. The van der Waals surface area contributed by atoms with Crippen LogP contribution < -0.4 is 4.46 Å². The Hall–Kier alpha value is -0.501.